The Morgan fingerprint density at radius 1 is 1.44 bits per heavy atom. The molecule has 0 aromatic heterocycles. The second-order valence-electron chi connectivity index (χ2n) is 2.50. The van der Waals surface area contributed by atoms with Crippen LogP contribution in [0.4, 0.5) is 0 Å². The van der Waals surface area contributed by atoms with Gasteiger partial charge in [-0.25, -0.2) is 3.53 Å². The van der Waals surface area contributed by atoms with Crippen LogP contribution in [-0.4, -0.2) is 5.54 Å². The lowest BCUT2D eigenvalue weighted by molar-refractivity contribution is 0.538. The summed E-state index contributed by atoms with van der Waals surface area (Å²) in [5.74, 6) is 0. The molecule has 0 spiro atoms. The van der Waals surface area contributed by atoms with Crippen molar-refractivity contribution >= 4 is 22.9 Å². The molecule has 0 aromatic carbocycles. The van der Waals surface area contributed by atoms with Crippen molar-refractivity contribution in [3.63, 3.8) is 0 Å². The Labute approximate surface area is 69.1 Å². The number of nitrogens with zero attached hydrogens (tertiary/aromatic N) is 1. The van der Waals surface area contributed by atoms with Gasteiger partial charge in [0, 0.05) is 22.9 Å². The largest absolute Gasteiger partial charge is 0.242 e. The lowest BCUT2D eigenvalue weighted by Gasteiger charge is -2.16. The molecule has 50 valence electrons. The average Bonchev–Trinajstić information content (AvgIpc) is 2.36. The van der Waals surface area contributed by atoms with E-state index < -0.39 is 0 Å². The maximum Gasteiger partial charge on any atom is 0.114 e. The van der Waals surface area contributed by atoms with Crippen LogP contribution in [0.5, 0.6) is 0 Å². The van der Waals surface area contributed by atoms with Crippen molar-refractivity contribution in [2.75, 3.05) is 0 Å². The minimum Gasteiger partial charge on any atom is -0.242 e. The minimum atomic E-state index is -0.180. The first-order valence-electron chi connectivity index (χ1n) is 3.12. The summed E-state index contributed by atoms with van der Waals surface area (Å²) in [5, 5.41) is 8.70. The number of rotatable bonds is 1. The molecule has 0 amide bonds. The fourth-order valence-corrected chi connectivity index (χ4v) is 1.87. The summed E-state index contributed by atoms with van der Waals surface area (Å²) >= 11 is 2.07. The SMILES string of the molecule is N#CC1(NI)CCCC1. The summed E-state index contributed by atoms with van der Waals surface area (Å²) in [6.07, 6.45) is 4.44. The Balaban J connectivity index is 2.59. The molecule has 1 rings (SSSR count). The van der Waals surface area contributed by atoms with Crippen LogP contribution in [0.1, 0.15) is 25.7 Å². The summed E-state index contributed by atoms with van der Waals surface area (Å²) in [6.45, 7) is 0. The van der Waals surface area contributed by atoms with Gasteiger partial charge in [-0.3, -0.25) is 0 Å². The summed E-state index contributed by atoms with van der Waals surface area (Å²) in [7, 11) is 0. The van der Waals surface area contributed by atoms with Gasteiger partial charge >= 0.3 is 0 Å². The smallest absolute Gasteiger partial charge is 0.114 e. The maximum absolute atomic E-state index is 8.70. The molecule has 0 aromatic rings. The van der Waals surface area contributed by atoms with Gasteiger partial charge in [-0.2, -0.15) is 5.26 Å². The molecule has 1 N–H and O–H groups in total. The van der Waals surface area contributed by atoms with E-state index in [-0.39, 0.29) is 5.54 Å². The van der Waals surface area contributed by atoms with Gasteiger partial charge in [-0.15, -0.1) is 0 Å². The summed E-state index contributed by atoms with van der Waals surface area (Å²) < 4.78 is 3.04. The molecule has 1 aliphatic rings. The summed E-state index contributed by atoms with van der Waals surface area (Å²) in [6, 6.07) is 2.31. The monoisotopic (exact) mass is 236 g/mol. The van der Waals surface area contributed by atoms with Crippen molar-refractivity contribution in [2.24, 2.45) is 0 Å². The van der Waals surface area contributed by atoms with Crippen molar-refractivity contribution in [1.82, 2.24) is 3.53 Å². The van der Waals surface area contributed by atoms with Crippen LogP contribution in [0.2, 0.25) is 0 Å². The molecule has 1 aliphatic carbocycles. The molecular formula is C6H9IN2. The molecule has 0 heterocycles. The number of hydrogen-bond acceptors (Lipinski definition) is 2. The first kappa shape index (κ1) is 7.29. The van der Waals surface area contributed by atoms with Crippen LogP contribution in [0.25, 0.3) is 0 Å². The number of nitrogens with one attached hydrogen (secondary N) is 1. The molecule has 1 fully saturated rings. The number of halogens is 1. The van der Waals surface area contributed by atoms with E-state index in [4.69, 9.17) is 5.26 Å². The minimum absolute atomic E-state index is 0.180. The van der Waals surface area contributed by atoms with Crippen LogP contribution in [0.15, 0.2) is 0 Å². The van der Waals surface area contributed by atoms with Gasteiger partial charge in [0.05, 0.1) is 6.07 Å². The van der Waals surface area contributed by atoms with E-state index in [1.54, 1.807) is 0 Å². The summed E-state index contributed by atoms with van der Waals surface area (Å²) in [5.41, 5.74) is -0.180. The lowest BCUT2D eigenvalue weighted by atomic mass is 10.0. The van der Waals surface area contributed by atoms with E-state index in [0.717, 1.165) is 12.8 Å². The third-order valence-electron chi connectivity index (χ3n) is 1.85. The molecule has 2 nitrogen and oxygen atoms in total. The molecule has 3 heteroatoms. The van der Waals surface area contributed by atoms with Gasteiger partial charge in [0.1, 0.15) is 5.54 Å². The van der Waals surface area contributed by atoms with E-state index >= 15 is 0 Å². The van der Waals surface area contributed by atoms with Gasteiger partial charge < -0.3 is 0 Å². The highest BCUT2D eigenvalue weighted by Crippen LogP contribution is 2.29. The van der Waals surface area contributed by atoms with Crippen LogP contribution in [-0.2, 0) is 0 Å². The molecule has 1 saturated carbocycles. The molecule has 0 unspecified atom stereocenters. The second kappa shape index (κ2) is 2.84. The fraction of sp³-hybridized carbons (Fsp3) is 0.833. The first-order chi connectivity index (χ1) is 4.33. The van der Waals surface area contributed by atoms with E-state index in [9.17, 15) is 0 Å². The standard InChI is InChI=1S/C6H9IN2/c7-9-6(5-8)3-1-2-4-6/h9H,1-4H2. The molecule has 0 atom stereocenters. The van der Waals surface area contributed by atoms with Crippen molar-refractivity contribution in [3.8, 4) is 6.07 Å². The molecule has 0 aliphatic heterocycles. The number of nitriles is 1. The highest BCUT2D eigenvalue weighted by Gasteiger charge is 2.32. The second-order valence-corrected chi connectivity index (χ2v) is 3.03. The van der Waals surface area contributed by atoms with Crippen molar-refractivity contribution < 1.29 is 0 Å². The highest BCUT2D eigenvalue weighted by atomic mass is 127. The van der Waals surface area contributed by atoms with Crippen LogP contribution in [0, 0.1) is 11.3 Å². The van der Waals surface area contributed by atoms with E-state index in [0.29, 0.717) is 0 Å². The van der Waals surface area contributed by atoms with Crippen molar-refractivity contribution in [3.05, 3.63) is 0 Å². The molecule has 0 radical (unpaired) electrons. The Kier molecular flexibility index (Phi) is 2.30. The summed E-state index contributed by atoms with van der Waals surface area (Å²) in [4.78, 5) is 0. The topological polar surface area (TPSA) is 35.8 Å². The zero-order valence-corrected chi connectivity index (χ0v) is 7.31. The van der Waals surface area contributed by atoms with Crippen molar-refractivity contribution in [1.29, 1.82) is 5.26 Å². The zero-order valence-electron chi connectivity index (χ0n) is 5.15. The van der Waals surface area contributed by atoms with Gasteiger partial charge in [-0.05, 0) is 12.8 Å². The predicted octanol–water partition coefficient (Wildman–Crippen LogP) is 1.76. The predicted molar refractivity (Wildman–Crippen MR) is 44.0 cm³/mol. The molecule has 0 saturated heterocycles. The van der Waals surface area contributed by atoms with Crippen LogP contribution < -0.4 is 3.53 Å². The molecule has 9 heavy (non-hydrogen) atoms. The van der Waals surface area contributed by atoms with Crippen LogP contribution >= 0.6 is 22.9 Å². The highest BCUT2D eigenvalue weighted by molar-refractivity contribution is 14.1. The van der Waals surface area contributed by atoms with Gasteiger partial charge in [0.2, 0.25) is 0 Å². The Morgan fingerprint density at radius 3 is 2.22 bits per heavy atom. The quantitative estimate of drug-likeness (QED) is 0.556. The Hall–Kier alpha value is 0.180. The van der Waals surface area contributed by atoms with Crippen LogP contribution in [0.3, 0.4) is 0 Å². The normalized spacial score (nSPS) is 23.6. The Morgan fingerprint density at radius 2 is 2.00 bits per heavy atom. The third kappa shape index (κ3) is 1.36. The van der Waals surface area contributed by atoms with E-state index in [2.05, 4.69) is 32.5 Å². The van der Waals surface area contributed by atoms with Crippen molar-refractivity contribution in [2.45, 2.75) is 31.2 Å². The first-order valence-corrected chi connectivity index (χ1v) is 4.20. The van der Waals surface area contributed by atoms with E-state index in [1.807, 2.05) is 0 Å². The Bertz CT molecular complexity index is 132. The van der Waals surface area contributed by atoms with Gasteiger partial charge in [0.25, 0.3) is 0 Å². The van der Waals surface area contributed by atoms with Gasteiger partial charge in [-0.1, -0.05) is 12.8 Å². The average molecular weight is 236 g/mol. The maximum atomic E-state index is 8.70. The number of hydrogen-bond donors (Lipinski definition) is 1. The molecule has 0 bridgehead atoms. The third-order valence-corrected chi connectivity index (χ3v) is 2.88. The zero-order chi connectivity index (χ0) is 6.74. The van der Waals surface area contributed by atoms with Gasteiger partial charge in [0.15, 0.2) is 0 Å². The van der Waals surface area contributed by atoms with E-state index in [1.165, 1.54) is 12.8 Å². The lowest BCUT2D eigenvalue weighted by Crippen LogP contribution is -2.33. The molecular weight excluding hydrogens is 227 g/mol. The fourth-order valence-electron chi connectivity index (χ4n) is 1.21.